The van der Waals surface area contributed by atoms with Crippen molar-refractivity contribution in [3.05, 3.63) is 307 Å². The molecule has 4 heterocycles. The zero-order valence-corrected chi connectivity index (χ0v) is 90.2. The van der Waals surface area contributed by atoms with Gasteiger partial charge >= 0.3 is 30.4 Å². The van der Waals surface area contributed by atoms with Crippen molar-refractivity contribution in [3.8, 4) is 90.5 Å². The van der Waals surface area contributed by atoms with Crippen molar-refractivity contribution in [2.75, 3.05) is 0 Å². The molecule has 0 N–H and O–H groups in total. The van der Waals surface area contributed by atoms with Crippen LogP contribution in [0.1, 0.15) is 401 Å². The van der Waals surface area contributed by atoms with Crippen LogP contribution in [0.5, 0.6) is 46.0 Å². The van der Waals surface area contributed by atoms with E-state index in [4.69, 9.17) is 36.2 Å². The van der Waals surface area contributed by atoms with Gasteiger partial charge in [-0.15, -0.1) is 0 Å². The van der Waals surface area contributed by atoms with Crippen LogP contribution in [-0.4, -0.2) is 0 Å². The van der Waals surface area contributed by atoms with E-state index in [0.29, 0.717) is 65.7 Å². The van der Waals surface area contributed by atoms with Crippen molar-refractivity contribution >= 4 is 51.6 Å². The summed E-state index contributed by atoms with van der Waals surface area (Å²) in [6.45, 7) is 18.2. The average molecular weight is 2000 g/mol. The molecule has 752 valence electrons. The van der Waals surface area contributed by atoms with Gasteiger partial charge in [-0.1, -0.05) is 382 Å². The Labute approximate surface area is 857 Å². The van der Waals surface area contributed by atoms with Crippen LogP contribution in [0, 0.1) is 0 Å². The Kier molecular flexibility index (Phi) is 29.3. The van der Waals surface area contributed by atoms with Crippen molar-refractivity contribution in [2.45, 2.75) is 360 Å². The highest BCUT2D eigenvalue weighted by Crippen LogP contribution is 2.67. The summed E-state index contributed by atoms with van der Waals surface area (Å²) in [6, 6.07) is 76.4. The fraction of sp³-hybridized carbons (Fsp3) is 0.438. The summed E-state index contributed by atoms with van der Waals surface area (Å²) in [5, 5.41) is 1.50. The maximum absolute atomic E-state index is 18.2. The largest absolute Gasteiger partial charge is 0.462 e. The molecule has 8 bridgehead atoms. The molecule has 0 radical (unpaired) electrons. The SMILES string of the molecule is CCCCCCC1(CCCCCC)c2ccccc2-c2ccc(P3(=O)Oc4cc5c6cc4Cc4cc7c(cc4O3)OP(=O)(c3ccc4c(c3)C(CCCCCC)(CCCCCC)c3ccccc3-4)Oc3cc4c(cc3C7)Cc3cc(c(cc3OP(=O)(c3ccc7c(c3)C(CCCCCC)(CCCCCC)c3ccccc3-7)O4)OP(=O)(c3ccc4c(c3)C(CCCCCC)(CCCCCC)c3ccccc3-4)O5)C6)cc21. The van der Waals surface area contributed by atoms with E-state index in [1.165, 1.54) is 44.5 Å². The van der Waals surface area contributed by atoms with E-state index < -0.39 is 52.0 Å². The van der Waals surface area contributed by atoms with Crippen LogP contribution >= 0.6 is 30.4 Å². The van der Waals surface area contributed by atoms with Gasteiger partial charge in [0, 0.05) is 71.6 Å². The van der Waals surface area contributed by atoms with Gasteiger partial charge in [-0.25, -0.2) is 18.3 Å². The van der Waals surface area contributed by atoms with Crippen molar-refractivity contribution in [1.82, 2.24) is 0 Å². The Morgan fingerprint density at radius 2 is 0.340 bits per heavy atom. The highest BCUT2D eigenvalue weighted by atomic mass is 31.2. The molecule has 21 rings (SSSR count). The standard InChI is InChI=1S/C128H148O12P4/c1-9-17-25-41-65-125(66-42-26-18-10-2)109-53-37-33-49-101(109)105-61-57-97(81-113(105)125)141(129)133-117-85-119-91-74-93-79-95-76-96-80-94-75-92-78-90(73-89(117)77-91)118(134-141)86-120(92)136-143(131,99-59-63-107-103-51-35-39-55-111(103)127(115(107)83-99,69-45-29-21-13-5)70-46-30-22-14-6)138-122(94)88-124(96)140-144(132,100-60-64-108-104-52-36-40-56-112(104)128(116(108)84-100,71-47-31-23-15-7)72-48-32-24-16-8)139-123(95)87-121(93)137-142(130,135-119)98-58-62-106-102-50-34-38-54-110(102)126(114(106)82-98,67-43-27-19-11-3)68-44-28-20-12-4/h33-40,49-64,77-88H,9-32,41-48,65-76H2,1-8H3. The Bertz CT molecular complexity index is 6020. The zero-order valence-electron chi connectivity index (χ0n) is 86.6. The molecule has 12 aromatic carbocycles. The molecule has 144 heavy (non-hydrogen) atoms. The van der Waals surface area contributed by atoms with Crippen LogP contribution in [0.15, 0.2) is 218 Å². The number of unbranched alkanes of at least 4 members (excludes halogenated alkanes) is 24. The molecular weight excluding hydrogens is 1850 g/mol. The topological polar surface area (TPSA) is 142 Å². The zero-order chi connectivity index (χ0) is 99.0. The third kappa shape index (κ3) is 18.5. The summed E-state index contributed by atoms with van der Waals surface area (Å²) in [5.41, 5.74) is 22.7. The number of benzene rings is 12. The average Bonchev–Trinajstić information content (AvgIpc) is 1.58. The van der Waals surface area contributed by atoms with Crippen molar-refractivity contribution in [1.29, 1.82) is 0 Å². The van der Waals surface area contributed by atoms with E-state index in [9.17, 15) is 0 Å². The molecule has 0 fully saturated rings. The van der Waals surface area contributed by atoms with E-state index in [1.54, 1.807) is 0 Å². The molecule has 9 aliphatic rings. The third-order valence-corrected chi connectivity index (χ3v) is 41.3. The number of hydrogen-bond acceptors (Lipinski definition) is 12. The smallest absolute Gasteiger partial charge is 0.412 e. The Balaban J connectivity index is 0.803. The van der Waals surface area contributed by atoms with Gasteiger partial charge in [-0.05, 0) is 258 Å². The first-order valence-corrected chi connectivity index (χ1v) is 62.1. The monoisotopic (exact) mass is 2000 g/mol. The quantitative estimate of drug-likeness (QED) is 0.0265. The maximum atomic E-state index is 18.2. The predicted octanol–water partition coefficient (Wildman–Crippen LogP) is 36.4. The second-order valence-electron chi connectivity index (χ2n) is 43.6. The normalized spacial score (nSPS) is 19.6. The van der Waals surface area contributed by atoms with Crippen LogP contribution in [-0.2, 0) is 65.6 Å². The second kappa shape index (κ2) is 42.3. The second-order valence-corrected chi connectivity index (χ2v) is 51.1. The van der Waals surface area contributed by atoms with Gasteiger partial charge in [0.05, 0.1) is 21.2 Å². The van der Waals surface area contributed by atoms with Gasteiger partial charge in [-0.3, -0.25) is 0 Å². The fourth-order valence-corrected chi connectivity index (χ4v) is 33.3. The van der Waals surface area contributed by atoms with Gasteiger partial charge in [-0.2, -0.15) is 0 Å². The van der Waals surface area contributed by atoms with E-state index in [0.717, 1.165) is 301 Å². The molecule has 12 aromatic rings. The van der Waals surface area contributed by atoms with Gasteiger partial charge in [0.1, 0.15) is 46.0 Å². The lowest BCUT2D eigenvalue weighted by Gasteiger charge is -2.34. The Morgan fingerprint density at radius 1 is 0.181 bits per heavy atom. The van der Waals surface area contributed by atoms with Gasteiger partial charge in [0.15, 0.2) is 0 Å². The summed E-state index contributed by atoms with van der Waals surface area (Å²) in [4.78, 5) is 0. The van der Waals surface area contributed by atoms with Gasteiger partial charge < -0.3 is 36.2 Å². The summed E-state index contributed by atoms with van der Waals surface area (Å²) < 4.78 is 134. The molecule has 5 aliphatic carbocycles. The first-order chi connectivity index (χ1) is 70.3. The highest BCUT2D eigenvalue weighted by Gasteiger charge is 2.53. The highest BCUT2D eigenvalue weighted by molar-refractivity contribution is 7.64. The van der Waals surface area contributed by atoms with Crippen LogP contribution in [0.3, 0.4) is 0 Å². The molecule has 0 unspecified atom stereocenters. The van der Waals surface area contributed by atoms with E-state index in [2.05, 4.69) is 225 Å². The Morgan fingerprint density at radius 3 is 0.507 bits per heavy atom. The molecule has 0 saturated heterocycles. The van der Waals surface area contributed by atoms with E-state index >= 15 is 18.3 Å². The summed E-state index contributed by atoms with van der Waals surface area (Å²) >= 11 is 0. The minimum atomic E-state index is -4.76. The van der Waals surface area contributed by atoms with Crippen molar-refractivity contribution in [2.24, 2.45) is 0 Å². The molecule has 0 amide bonds. The minimum Gasteiger partial charge on any atom is -0.412 e. The van der Waals surface area contributed by atoms with Crippen LogP contribution in [0.2, 0.25) is 0 Å². The maximum Gasteiger partial charge on any atom is 0.462 e. The van der Waals surface area contributed by atoms with E-state index in [1.807, 2.05) is 48.5 Å². The van der Waals surface area contributed by atoms with E-state index in [-0.39, 0.29) is 71.7 Å². The lowest BCUT2D eigenvalue weighted by molar-refractivity contribution is 0.378. The third-order valence-electron chi connectivity index (χ3n) is 34.2. The molecule has 12 nitrogen and oxygen atoms in total. The summed E-state index contributed by atoms with van der Waals surface area (Å²) in [5.74, 6) is 1.93. The number of rotatable bonds is 44. The molecule has 0 saturated carbocycles. The fourth-order valence-electron chi connectivity index (χ4n) is 26.7. The predicted molar refractivity (Wildman–Crippen MR) is 592 cm³/mol. The lowest BCUT2D eigenvalue weighted by Crippen LogP contribution is -2.28. The summed E-state index contributed by atoms with van der Waals surface area (Å²) in [7, 11) is -19.0. The number of hydrogen-bond donors (Lipinski definition) is 0. The lowest BCUT2D eigenvalue weighted by atomic mass is 9.70. The molecule has 0 aromatic heterocycles. The van der Waals surface area contributed by atoms with Gasteiger partial charge in [0.25, 0.3) is 0 Å². The summed E-state index contributed by atoms with van der Waals surface area (Å²) in [6.07, 6.45) is 42.9. The number of fused-ring (bicyclic) bond motifs is 12. The molecular formula is C128H148O12P4. The molecule has 0 atom stereocenters. The van der Waals surface area contributed by atoms with Crippen LogP contribution in [0.4, 0.5) is 0 Å². The van der Waals surface area contributed by atoms with Gasteiger partial charge in [0.2, 0.25) is 0 Å². The molecule has 0 spiro atoms. The first-order valence-electron chi connectivity index (χ1n) is 55.9. The minimum absolute atomic E-state index is 0.193. The van der Waals surface area contributed by atoms with Crippen molar-refractivity contribution in [3.63, 3.8) is 0 Å². The Hall–Kier alpha value is -10.0. The molecule has 4 aliphatic heterocycles. The first kappa shape index (κ1) is 99.9. The molecule has 16 heteroatoms. The van der Waals surface area contributed by atoms with Crippen LogP contribution in [0.25, 0.3) is 44.5 Å². The van der Waals surface area contributed by atoms with Crippen LogP contribution < -0.4 is 57.4 Å². The van der Waals surface area contributed by atoms with Crippen molar-refractivity contribution < 1.29 is 54.5 Å².